The third kappa shape index (κ3) is 3.15. The van der Waals surface area contributed by atoms with Crippen molar-refractivity contribution in [1.82, 2.24) is 9.97 Å². The third-order valence-corrected chi connectivity index (χ3v) is 2.56. The maximum absolute atomic E-state index is 5.99. The van der Waals surface area contributed by atoms with Gasteiger partial charge < -0.3 is 20.2 Å². The molecule has 6 nitrogen and oxygen atoms in total. The van der Waals surface area contributed by atoms with Gasteiger partial charge in [-0.25, -0.2) is 4.98 Å². The van der Waals surface area contributed by atoms with Gasteiger partial charge >= 0.3 is 0 Å². The van der Waals surface area contributed by atoms with Crippen LogP contribution in [0.1, 0.15) is 25.4 Å². The maximum Gasteiger partial charge on any atom is 0.242 e. The Morgan fingerprint density at radius 1 is 1.37 bits per heavy atom. The van der Waals surface area contributed by atoms with Crippen molar-refractivity contribution in [1.29, 1.82) is 0 Å². The molecule has 0 saturated heterocycles. The van der Waals surface area contributed by atoms with Crippen LogP contribution in [0.3, 0.4) is 0 Å². The summed E-state index contributed by atoms with van der Waals surface area (Å²) in [5.74, 6) is 2.51. The minimum atomic E-state index is 0.422. The van der Waals surface area contributed by atoms with Gasteiger partial charge in [-0.05, 0) is 19.1 Å². The number of rotatable bonds is 6. The average molecular weight is 262 g/mol. The maximum atomic E-state index is 5.99. The average Bonchev–Trinajstić information content (AvgIpc) is 2.93. The molecule has 0 saturated carbocycles. The Morgan fingerprint density at radius 2 is 2.21 bits per heavy atom. The van der Waals surface area contributed by atoms with Gasteiger partial charge in [-0.15, -0.1) is 0 Å². The van der Waals surface area contributed by atoms with Crippen LogP contribution in [0.15, 0.2) is 22.8 Å². The molecule has 0 unspecified atom stereocenters. The molecule has 0 aliphatic carbocycles. The molecule has 0 radical (unpaired) electrons. The van der Waals surface area contributed by atoms with Crippen molar-refractivity contribution >= 4 is 11.5 Å². The highest BCUT2D eigenvalue weighted by atomic mass is 16.5. The number of furan rings is 1. The predicted octanol–water partition coefficient (Wildman–Crippen LogP) is 2.23. The molecule has 0 amide bonds. The van der Waals surface area contributed by atoms with Crippen molar-refractivity contribution in [2.75, 3.05) is 17.7 Å². The first-order valence-electron chi connectivity index (χ1n) is 6.30. The second kappa shape index (κ2) is 6.08. The molecule has 102 valence electrons. The zero-order valence-corrected chi connectivity index (χ0v) is 11.1. The number of nitrogens with zero attached hydrogens (tertiary/aromatic N) is 2. The van der Waals surface area contributed by atoms with Gasteiger partial charge in [-0.2, -0.15) is 4.98 Å². The second-order valence-corrected chi connectivity index (χ2v) is 3.93. The van der Waals surface area contributed by atoms with E-state index in [1.54, 1.807) is 6.26 Å². The van der Waals surface area contributed by atoms with Crippen LogP contribution >= 0.6 is 0 Å². The summed E-state index contributed by atoms with van der Waals surface area (Å²) in [6.45, 7) is 4.91. The molecule has 19 heavy (non-hydrogen) atoms. The fraction of sp³-hybridized carbons (Fsp3) is 0.385. The Hall–Kier alpha value is -2.24. The first-order valence-corrected chi connectivity index (χ1v) is 6.30. The molecule has 0 bridgehead atoms. The zero-order chi connectivity index (χ0) is 13.7. The molecule has 0 fully saturated rings. The van der Waals surface area contributed by atoms with Crippen LogP contribution in [0.25, 0.3) is 0 Å². The molecule has 6 heteroatoms. The number of nitrogens with two attached hydrogens (primary N) is 1. The summed E-state index contributed by atoms with van der Waals surface area (Å²) in [5.41, 5.74) is 6.41. The number of nitrogen functional groups attached to an aromatic ring is 1. The molecule has 0 aliphatic rings. The first kappa shape index (κ1) is 13.2. The fourth-order valence-electron chi connectivity index (χ4n) is 1.62. The molecule has 3 N–H and O–H groups in total. The summed E-state index contributed by atoms with van der Waals surface area (Å²) in [6, 6.07) is 3.72. The fourth-order valence-corrected chi connectivity index (χ4v) is 1.62. The normalized spacial score (nSPS) is 10.4. The van der Waals surface area contributed by atoms with E-state index in [-0.39, 0.29) is 0 Å². The second-order valence-electron chi connectivity index (χ2n) is 3.93. The van der Waals surface area contributed by atoms with E-state index in [2.05, 4.69) is 15.3 Å². The van der Waals surface area contributed by atoms with Gasteiger partial charge in [0, 0.05) is 6.42 Å². The van der Waals surface area contributed by atoms with Gasteiger partial charge in [-0.1, -0.05) is 6.92 Å². The highest BCUT2D eigenvalue weighted by Gasteiger charge is 2.12. The number of hydrogen-bond acceptors (Lipinski definition) is 6. The van der Waals surface area contributed by atoms with Gasteiger partial charge in [0.15, 0.2) is 5.82 Å². The topological polar surface area (TPSA) is 86.2 Å². The van der Waals surface area contributed by atoms with Crippen molar-refractivity contribution in [2.24, 2.45) is 0 Å². The summed E-state index contributed by atoms with van der Waals surface area (Å²) < 4.78 is 10.7. The molecule has 0 spiro atoms. The Bertz CT molecular complexity index is 526. The number of ether oxygens (including phenoxy) is 1. The van der Waals surface area contributed by atoms with Crippen molar-refractivity contribution in [2.45, 2.75) is 26.8 Å². The van der Waals surface area contributed by atoms with Crippen LogP contribution in [0.5, 0.6) is 5.88 Å². The van der Waals surface area contributed by atoms with E-state index < -0.39 is 0 Å². The van der Waals surface area contributed by atoms with Crippen LogP contribution in [0, 0.1) is 0 Å². The number of aryl methyl sites for hydroxylation is 1. The SMILES string of the molecule is CCOc1nc(CC)nc(NCc2ccco2)c1N. The number of hydrogen-bond donors (Lipinski definition) is 2. The molecule has 2 aromatic rings. The van der Waals surface area contributed by atoms with Crippen LogP contribution in [0.4, 0.5) is 11.5 Å². The molecule has 0 aliphatic heterocycles. The molecule has 2 heterocycles. The molecule has 0 aromatic carbocycles. The summed E-state index contributed by atoms with van der Waals surface area (Å²) in [4.78, 5) is 8.63. The summed E-state index contributed by atoms with van der Waals surface area (Å²) in [7, 11) is 0. The lowest BCUT2D eigenvalue weighted by molar-refractivity contribution is 0.327. The minimum Gasteiger partial charge on any atom is -0.476 e. The Morgan fingerprint density at radius 3 is 2.84 bits per heavy atom. The van der Waals surface area contributed by atoms with Crippen LogP contribution < -0.4 is 15.8 Å². The lowest BCUT2D eigenvalue weighted by Crippen LogP contribution is -2.10. The van der Waals surface area contributed by atoms with Crippen LogP contribution in [0.2, 0.25) is 0 Å². The van der Waals surface area contributed by atoms with Crippen LogP contribution in [-0.2, 0) is 13.0 Å². The zero-order valence-electron chi connectivity index (χ0n) is 11.1. The number of anilines is 2. The molecule has 2 rings (SSSR count). The Labute approximate surface area is 112 Å². The van der Waals surface area contributed by atoms with E-state index in [9.17, 15) is 0 Å². The highest BCUT2D eigenvalue weighted by Crippen LogP contribution is 2.26. The Balaban J connectivity index is 2.20. The van der Waals surface area contributed by atoms with Gasteiger partial charge in [-0.3, -0.25) is 0 Å². The van der Waals surface area contributed by atoms with Gasteiger partial charge in [0.25, 0.3) is 0 Å². The quantitative estimate of drug-likeness (QED) is 0.830. The third-order valence-electron chi connectivity index (χ3n) is 2.56. The predicted molar refractivity (Wildman–Crippen MR) is 73.0 cm³/mol. The molecule has 2 aromatic heterocycles. The summed E-state index contributed by atoms with van der Waals surface area (Å²) >= 11 is 0. The van der Waals surface area contributed by atoms with E-state index in [0.717, 1.165) is 12.2 Å². The largest absolute Gasteiger partial charge is 0.476 e. The molecular formula is C13H18N4O2. The lowest BCUT2D eigenvalue weighted by Gasteiger charge is -2.12. The van der Waals surface area contributed by atoms with Crippen molar-refractivity contribution in [3.05, 3.63) is 30.0 Å². The number of aromatic nitrogens is 2. The minimum absolute atomic E-state index is 0.422. The smallest absolute Gasteiger partial charge is 0.242 e. The summed E-state index contributed by atoms with van der Waals surface area (Å²) in [5, 5.41) is 3.14. The Kier molecular flexibility index (Phi) is 4.22. The number of nitrogens with one attached hydrogen (secondary N) is 1. The first-order chi connectivity index (χ1) is 9.24. The van der Waals surface area contributed by atoms with Gasteiger partial charge in [0.2, 0.25) is 5.88 Å². The van der Waals surface area contributed by atoms with E-state index >= 15 is 0 Å². The van der Waals surface area contributed by atoms with Gasteiger partial charge in [0.05, 0.1) is 19.4 Å². The molecular weight excluding hydrogens is 244 g/mol. The van der Waals surface area contributed by atoms with E-state index in [4.69, 9.17) is 14.9 Å². The van der Waals surface area contributed by atoms with E-state index in [1.165, 1.54) is 0 Å². The summed E-state index contributed by atoms with van der Waals surface area (Å²) in [6.07, 6.45) is 2.35. The van der Waals surface area contributed by atoms with Crippen molar-refractivity contribution in [3.8, 4) is 5.88 Å². The highest BCUT2D eigenvalue weighted by molar-refractivity contribution is 5.66. The monoisotopic (exact) mass is 262 g/mol. The van der Waals surface area contributed by atoms with E-state index in [1.807, 2.05) is 26.0 Å². The van der Waals surface area contributed by atoms with Gasteiger partial charge in [0.1, 0.15) is 17.3 Å². The van der Waals surface area contributed by atoms with E-state index in [0.29, 0.717) is 36.4 Å². The molecule has 0 atom stereocenters. The van der Waals surface area contributed by atoms with Crippen molar-refractivity contribution in [3.63, 3.8) is 0 Å². The van der Waals surface area contributed by atoms with Crippen LogP contribution in [-0.4, -0.2) is 16.6 Å². The van der Waals surface area contributed by atoms with Crippen molar-refractivity contribution < 1.29 is 9.15 Å². The lowest BCUT2D eigenvalue weighted by atomic mass is 10.3. The standard InChI is InChI=1S/C13H18N4O2/c1-3-10-16-12(11(14)13(17-10)18-4-2)15-8-9-6-5-7-19-9/h5-7H,3-4,8,14H2,1-2H3,(H,15,16,17).